The van der Waals surface area contributed by atoms with Gasteiger partial charge in [-0.25, -0.2) is 9.78 Å². The number of likely N-dealkylation sites (tertiary alicyclic amines) is 1. The Bertz CT molecular complexity index is 1070. The second-order valence-corrected chi connectivity index (χ2v) is 8.82. The van der Waals surface area contributed by atoms with E-state index in [2.05, 4.69) is 27.1 Å². The van der Waals surface area contributed by atoms with E-state index in [1.54, 1.807) is 0 Å². The Morgan fingerprint density at radius 2 is 1.59 bits per heavy atom. The molecule has 0 radical (unpaired) electrons. The summed E-state index contributed by atoms with van der Waals surface area (Å²) in [7, 11) is 0. The van der Waals surface area contributed by atoms with Crippen LogP contribution in [0.2, 0.25) is 0 Å². The van der Waals surface area contributed by atoms with Crippen LogP contribution in [0.25, 0.3) is 11.0 Å². The van der Waals surface area contributed by atoms with Crippen LogP contribution < -0.4 is 10.6 Å². The fourth-order valence-corrected chi connectivity index (χ4v) is 4.79. The van der Waals surface area contributed by atoms with Crippen molar-refractivity contribution in [2.75, 3.05) is 29.5 Å². The lowest BCUT2D eigenvalue weighted by molar-refractivity contribution is -0.113. The number of carbonyl (C=O) groups is 2. The molecular formula is C24H29N5O2S. The van der Waals surface area contributed by atoms with Gasteiger partial charge in [0.15, 0.2) is 5.16 Å². The fourth-order valence-electron chi connectivity index (χ4n) is 3.91. The van der Waals surface area contributed by atoms with Crippen LogP contribution >= 0.6 is 11.8 Å². The topological polar surface area (TPSA) is 79.3 Å². The number of amides is 3. The van der Waals surface area contributed by atoms with Gasteiger partial charge in [-0.3, -0.25) is 4.79 Å². The van der Waals surface area contributed by atoms with Gasteiger partial charge in [0.1, 0.15) is 0 Å². The van der Waals surface area contributed by atoms with Crippen molar-refractivity contribution < 1.29 is 9.59 Å². The summed E-state index contributed by atoms with van der Waals surface area (Å²) in [6, 6.07) is 15.2. The minimum Gasteiger partial charge on any atom is -0.325 e. The highest BCUT2D eigenvalue weighted by Gasteiger charge is 2.16. The first kappa shape index (κ1) is 22.2. The van der Waals surface area contributed by atoms with E-state index in [-0.39, 0.29) is 17.7 Å². The first-order valence-corrected chi connectivity index (χ1v) is 12.2. The number of benzene rings is 2. The molecule has 1 fully saturated rings. The Labute approximate surface area is 192 Å². The van der Waals surface area contributed by atoms with Crippen LogP contribution in [0.4, 0.5) is 16.2 Å². The standard InChI is InChI=1S/C24H29N5O2S/c1-2-29-21-10-6-5-9-20(21)27-24(29)32-17-22(30)25-18-11-13-19(14-12-18)26-23(31)28-15-7-3-4-8-16-28/h5-6,9-14H,2-4,7-8,15-17H2,1H3,(H,25,30)(H,26,31). The summed E-state index contributed by atoms with van der Waals surface area (Å²) in [5.74, 6) is 0.183. The van der Waals surface area contributed by atoms with Crippen molar-refractivity contribution >= 4 is 46.1 Å². The number of anilines is 2. The van der Waals surface area contributed by atoms with Gasteiger partial charge < -0.3 is 20.1 Å². The molecule has 0 spiro atoms. The molecule has 1 aliphatic heterocycles. The monoisotopic (exact) mass is 451 g/mol. The Morgan fingerprint density at radius 1 is 0.938 bits per heavy atom. The van der Waals surface area contributed by atoms with Crippen molar-refractivity contribution in [3.05, 3.63) is 48.5 Å². The molecule has 1 aromatic heterocycles. The molecule has 0 unspecified atom stereocenters. The van der Waals surface area contributed by atoms with E-state index >= 15 is 0 Å². The molecule has 0 bridgehead atoms. The quantitative estimate of drug-likeness (QED) is 0.505. The average molecular weight is 452 g/mol. The number of nitrogens with zero attached hydrogens (tertiary/aromatic N) is 3. The van der Waals surface area contributed by atoms with Crippen molar-refractivity contribution in [3.63, 3.8) is 0 Å². The zero-order valence-electron chi connectivity index (χ0n) is 18.3. The summed E-state index contributed by atoms with van der Waals surface area (Å²) in [6.07, 6.45) is 4.50. The van der Waals surface area contributed by atoms with Crippen molar-refractivity contribution in [1.29, 1.82) is 0 Å². The van der Waals surface area contributed by atoms with Crippen LogP contribution in [-0.4, -0.2) is 45.2 Å². The van der Waals surface area contributed by atoms with E-state index in [4.69, 9.17) is 0 Å². The highest BCUT2D eigenvalue weighted by Crippen LogP contribution is 2.24. The van der Waals surface area contributed by atoms with Gasteiger partial charge in [-0.2, -0.15) is 0 Å². The zero-order chi connectivity index (χ0) is 22.3. The van der Waals surface area contributed by atoms with Gasteiger partial charge in [0.2, 0.25) is 5.91 Å². The van der Waals surface area contributed by atoms with Crippen molar-refractivity contribution in [1.82, 2.24) is 14.5 Å². The van der Waals surface area contributed by atoms with Crippen molar-refractivity contribution in [3.8, 4) is 0 Å². The highest BCUT2D eigenvalue weighted by molar-refractivity contribution is 7.99. The van der Waals surface area contributed by atoms with E-state index in [0.717, 1.165) is 54.4 Å². The Hall–Kier alpha value is -3.00. The zero-order valence-corrected chi connectivity index (χ0v) is 19.2. The lowest BCUT2D eigenvalue weighted by atomic mass is 10.2. The number of hydrogen-bond acceptors (Lipinski definition) is 4. The SMILES string of the molecule is CCn1c(SCC(=O)Nc2ccc(NC(=O)N3CCCCCC3)cc2)nc2ccccc21. The molecule has 0 saturated carbocycles. The van der Waals surface area contributed by atoms with Crippen LogP contribution in [0.5, 0.6) is 0 Å². The minimum atomic E-state index is -0.0916. The smallest absolute Gasteiger partial charge is 0.321 e. The molecule has 2 N–H and O–H groups in total. The van der Waals surface area contributed by atoms with E-state index in [1.165, 1.54) is 24.6 Å². The normalized spacial score (nSPS) is 14.2. The number of urea groups is 1. The molecule has 3 aromatic rings. The molecule has 8 heteroatoms. The first-order chi connectivity index (χ1) is 15.6. The second kappa shape index (κ2) is 10.5. The number of rotatable bonds is 6. The van der Waals surface area contributed by atoms with Gasteiger partial charge in [0.05, 0.1) is 16.8 Å². The molecule has 4 rings (SSSR count). The fraction of sp³-hybridized carbons (Fsp3) is 0.375. The predicted molar refractivity (Wildman–Crippen MR) is 130 cm³/mol. The molecule has 0 atom stereocenters. The van der Waals surface area contributed by atoms with E-state index < -0.39 is 0 Å². The number of aromatic nitrogens is 2. The van der Waals surface area contributed by atoms with E-state index in [0.29, 0.717) is 5.69 Å². The first-order valence-electron chi connectivity index (χ1n) is 11.2. The van der Waals surface area contributed by atoms with Crippen LogP contribution in [0.15, 0.2) is 53.7 Å². The number of para-hydroxylation sites is 2. The predicted octanol–water partition coefficient (Wildman–Crippen LogP) is 5.19. The lowest BCUT2D eigenvalue weighted by Gasteiger charge is -2.20. The van der Waals surface area contributed by atoms with Crippen molar-refractivity contribution in [2.45, 2.75) is 44.3 Å². The van der Waals surface area contributed by atoms with Crippen LogP contribution in [0.3, 0.4) is 0 Å². The summed E-state index contributed by atoms with van der Waals surface area (Å²) < 4.78 is 2.12. The average Bonchev–Trinajstić information content (AvgIpc) is 2.95. The third-order valence-corrected chi connectivity index (χ3v) is 6.56. The van der Waals surface area contributed by atoms with Gasteiger partial charge in [-0.05, 0) is 56.2 Å². The summed E-state index contributed by atoms with van der Waals surface area (Å²) >= 11 is 1.43. The molecule has 168 valence electrons. The number of aryl methyl sites for hydroxylation is 1. The maximum absolute atomic E-state index is 12.5. The number of nitrogens with one attached hydrogen (secondary N) is 2. The highest BCUT2D eigenvalue weighted by atomic mass is 32.2. The number of thioether (sulfide) groups is 1. The maximum atomic E-state index is 12.5. The summed E-state index contributed by atoms with van der Waals surface area (Å²) in [4.78, 5) is 31.4. The third-order valence-electron chi connectivity index (χ3n) is 5.58. The number of fused-ring (bicyclic) bond motifs is 1. The maximum Gasteiger partial charge on any atom is 0.321 e. The molecule has 1 saturated heterocycles. The van der Waals surface area contributed by atoms with Gasteiger partial charge >= 0.3 is 6.03 Å². The Morgan fingerprint density at radius 3 is 2.28 bits per heavy atom. The number of carbonyl (C=O) groups excluding carboxylic acids is 2. The second-order valence-electron chi connectivity index (χ2n) is 7.87. The Balaban J connectivity index is 1.30. The molecular weight excluding hydrogens is 422 g/mol. The molecule has 0 aliphatic carbocycles. The van der Waals surface area contributed by atoms with Crippen molar-refractivity contribution in [2.24, 2.45) is 0 Å². The molecule has 1 aliphatic rings. The minimum absolute atomic E-state index is 0.0566. The van der Waals surface area contributed by atoms with Gasteiger partial charge in [-0.15, -0.1) is 0 Å². The lowest BCUT2D eigenvalue weighted by Crippen LogP contribution is -2.35. The molecule has 2 heterocycles. The number of hydrogen-bond donors (Lipinski definition) is 2. The Kier molecular flexibility index (Phi) is 7.32. The van der Waals surface area contributed by atoms with E-state index in [1.807, 2.05) is 53.4 Å². The van der Waals surface area contributed by atoms with Gasteiger partial charge in [0.25, 0.3) is 0 Å². The molecule has 3 amide bonds. The summed E-state index contributed by atoms with van der Waals surface area (Å²) in [6.45, 7) is 4.49. The van der Waals surface area contributed by atoms with Gasteiger partial charge in [0, 0.05) is 31.0 Å². The molecule has 7 nitrogen and oxygen atoms in total. The summed E-state index contributed by atoms with van der Waals surface area (Å²) in [5, 5.41) is 6.71. The molecule has 32 heavy (non-hydrogen) atoms. The van der Waals surface area contributed by atoms with Crippen LogP contribution in [-0.2, 0) is 11.3 Å². The van der Waals surface area contributed by atoms with Crippen LogP contribution in [0.1, 0.15) is 32.6 Å². The summed E-state index contributed by atoms with van der Waals surface area (Å²) in [5.41, 5.74) is 3.45. The third kappa shape index (κ3) is 5.43. The largest absolute Gasteiger partial charge is 0.325 e. The number of imidazole rings is 1. The van der Waals surface area contributed by atoms with Gasteiger partial charge in [-0.1, -0.05) is 36.7 Å². The van der Waals surface area contributed by atoms with E-state index in [9.17, 15) is 9.59 Å². The molecule has 2 aromatic carbocycles. The van der Waals surface area contributed by atoms with Crippen LogP contribution in [0, 0.1) is 0 Å².